The van der Waals surface area contributed by atoms with E-state index < -0.39 is 6.10 Å². The van der Waals surface area contributed by atoms with Crippen LogP contribution in [0.4, 0.5) is 0 Å². The third kappa shape index (κ3) is 3.95. The van der Waals surface area contributed by atoms with E-state index in [2.05, 4.69) is 52.0 Å². The van der Waals surface area contributed by atoms with E-state index in [1.54, 1.807) is 19.1 Å². The van der Waals surface area contributed by atoms with E-state index in [4.69, 9.17) is 4.74 Å². The van der Waals surface area contributed by atoms with Gasteiger partial charge in [-0.3, -0.25) is 0 Å². The van der Waals surface area contributed by atoms with Gasteiger partial charge in [0.2, 0.25) is 0 Å². The highest BCUT2D eigenvalue weighted by atomic mass is 16.5. The topological polar surface area (TPSA) is 46.5 Å². The summed E-state index contributed by atoms with van der Waals surface area (Å²) in [4.78, 5) is 12.0. The van der Waals surface area contributed by atoms with E-state index in [0.29, 0.717) is 12.2 Å². The minimum absolute atomic E-state index is 0.122. The van der Waals surface area contributed by atoms with Crippen molar-refractivity contribution in [2.45, 2.75) is 71.3 Å². The number of aliphatic hydroxyl groups is 1. The van der Waals surface area contributed by atoms with Gasteiger partial charge >= 0.3 is 5.97 Å². The number of carbonyl (C=O) groups is 1. The maximum absolute atomic E-state index is 12.0. The fourth-order valence-electron chi connectivity index (χ4n) is 4.98. The summed E-state index contributed by atoms with van der Waals surface area (Å²) >= 11 is 0. The molecular formula is C29H34O3. The summed E-state index contributed by atoms with van der Waals surface area (Å²) < 4.78 is 5.10. The minimum atomic E-state index is -0.575. The molecule has 0 spiro atoms. The third-order valence-corrected chi connectivity index (χ3v) is 7.14. The van der Waals surface area contributed by atoms with Crippen LogP contribution in [0.15, 0.2) is 48.5 Å². The van der Waals surface area contributed by atoms with E-state index in [0.717, 1.165) is 40.3 Å². The van der Waals surface area contributed by atoms with Gasteiger partial charge in [0.15, 0.2) is 0 Å². The Kier molecular flexibility index (Phi) is 5.67. The van der Waals surface area contributed by atoms with Crippen LogP contribution in [-0.2, 0) is 15.6 Å². The van der Waals surface area contributed by atoms with Crippen molar-refractivity contribution >= 4 is 16.7 Å². The van der Waals surface area contributed by atoms with Crippen molar-refractivity contribution in [2.24, 2.45) is 0 Å². The molecular weight excluding hydrogens is 396 g/mol. The average molecular weight is 431 g/mol. The van der Waals surface area contributed by atoms with Crippen LogP contribution in [0.25, 0.3) is 21.9 Å². The number of benzene rings is 3. The SMILES string of the molecule is CCOC(=O)c1ccc(-c2cc(C(C)O)c3cc4c(cc3c2)C(C)(C)CCC4(C)C)cc1. The van der Waals surface area contributed by atoms with Gasteiger partial charge < -0.3 is 9.84 Å². The molecule has 0 saturated carbocycles. The van der Waals surface area contributed by atoms with Crippen molar-refractivity contribution < 1.29 is 14.6 Å². The quantitative estimate of drug-likeness (QED) is 0.450. The Morgan fingerprint density at radius 1 is 0.938 bits per heavy atom. The van der Waals surface area contributed by atoms with Gasteiger partial charge in [-0.1, -0.05) is 45.9 Å². The number of hydrogen-bond acceptors (Lipinski definition) is 3. The lowest BCUT2D eigenvalue weighted by Gasteiger charge is -2.42. The van der Waals surface area contributed by atoms with Crippen molar-refractivity contribution in [3.05, 3.63) is 70.8 Å². The monoisotopic (exact) mass is 430 g/mol. The first-order valence-corrected chi connectivity index (χ1v) is 11.6. The van der Waals surface area contributed by atoms with Crippen molar-refractivity contribution in [1.82, 2.24) is 0 Å². The first kappa shape index (κ1) is 22.5. The number of rotatable bonds is 4. The van der Waals surface area contributed by atoms with Gasteiger partial charge in [0.25, 0.3) is 0 Å². The first-order chi connectivity index (χ1) is 15.0. The Balaban J connectivity index is 1.89. The van der Waals surface area contributed by atoms with Gasteiger partial charge in [-0.25, -0.2) is 4.79 Å². The van der Waals surface area contributed by atoms with Crippen molar-refractivity contribution in [1.29, 1.82) is 0 Å². The van der Waals surface area contributed by atoms with Crippen molar-refractivity contribution in [3.8, 4) is 11.1 Å². The second-order valence-electron chi connectivity index (χ2n) is 10.4. The smallest absolute Gasteiger partial charge is 0.338 e. The second kappa shape index (κ2) is 8.04. The van der Waals surface area contributed by atoms with Crippen LogP contribution in [0.1, 0.15) is 87.5 Å². The fraction of sp³-hybridized carbons (Fsp3) is 0.414. The van der Waals surface area contributed by atoms with Crippen LogP contribution >= 0.6 is 0 Å². The van der Waals surface area contributed by atoms with E-state index in [1.807, 2.05) is 19.1 Å². The minimum Gasteiger partial charge on any atom is -0.462 e. The molecule has 0 fully saturated rings. The Morgan fingerprint density at radius 2 is 1.53 bits per heavy atom. The molecule has 3 nitrogen and oxygen atoms in total. The van der Waals surface area contributed by atoms with Gasteiger partial charge in [-0.15, -0.1) is 0 Å². The number of aliphatic hydroxyl groups excluding tert-OH is 1. The Bertz CT molecular complexity index is 1170. The number of hydrogen-bond donors (Lipinski definition) is 1. The second-order valence-corrected chi connectivity index (χ2v) is 10.4. The standard InChI is InChI=1S/C29H34O3/c1-7-32-27(31)20-10-8-19(9-11-20)21-14-22-16-25-26(17-24(22)23(15-21)18(2)30)29(5,6)13-12-28(25,3)4/h8-11,14-18,30H,7,12-13H2,1-6H3. The van der Waals surface area contributed by atoms with Crippen LogP contribution in [0.2, 0.25) is 0 Å². The summed E-state index contributed by atoms with van der Waals surface area (Å²) in [7, 11) is 0. The Labute approximate surface area is 191 Å². The molecule has 0 radical (unpaired) electrons. The molecule has 32 heavy (non-hydrogen) atoms. The lowest BCUT2D eigenvalue weighted by atomic mass is 9.62. The van der Waals surface area contributed by atoms with Crippen molar-refractivity contribution in [2.75, 3.05) is 6.61 Å². The van der Waals surface area contributed by atoms with Gasteiger partial charge in [0.1, 0.15) is 0 Å². The van der Waals surface area contributed by atoms with E-state index >= 15 is 0 Å². The third-order valence-electron chi connectivity index (χ3n) is 7.14. The maximum Gasteiger partial charge on any atom is 0.338 e. The number of ether oxygens (including phenoxy) is 1. The molecule has 0 heterocycles. The van der Waals surface area contributed by atoms with Gasteiger partial charge in [-0.05, 0) is 106 Å². The summed E-state index contributed by atoms with van der Waals surface area (Å²) in [6.07, 6.45) is 1.75. The molecule has 1 aliphatic carbocycles. The Morgan fingerprint density at radius 3 is 2.09 bits per heavy atom. The zero-order valence-electron chi connectivity index (χ0n) is 20.1. The summed E-state index contributed by atoms with van der Waals surface area (Å²) in [6.45, 7) is 13.3. The number of fused-ring (bicyclic) bond motifs is 2. The first-order valence-electron chi connectivity index (χ1n) is 11.6. The molecule has 0 aromatic heterocycles. The van der Waals surface area contributed by atoms with Gasteiger partial charge in [-0.2, -0.15) is 0 Å². The Hall–Kier alpha value is -2.65. The van der Waals surface area contributed by atoms with Gasteiger partial charge in [0, 0.05) is 0 Å². The van der Waals surface area contributed by atoms with Crippen molar-refractivity contribution in [3.63, 3.8) is 0 Å². The molecule has 0 bridgehead atoms. The average Bonchev–Trinajstić information content (AvgIpc) is 2.75. The predicted octanol–water partition coefficient (Wildman–Crippen LogP) is 7.09. The number of carbonyl (C=O) groups excluding carboxylic acids is 1. The predicted molar refractivity (Wildman–Crippen MR) is 131 cm³/mol. The molecule has 0 amide bonds. The highest BCUT2D eigenvalue weighted by Crippen LogP contribution is 2.48. The van der Waals surface area contributed by atoms with E-state index in [9.17, 15) is 9.90 Å². The van der Waals surface area contributed by atoms with Crippen LogP contribution in [0.5, 0.6) is 0 Å². The normalized spacial score (nSPS) is 17.6. The molecule has 3 aromatic rings. The van der Waals surface area contributed by atoms with Crippen LogP contribution in [-0.4, -0.2) is 17.7 Å². The molecule has 3 aromatic carbocycles. The molecule has 4 rings (SSSR count). The van der Waals surface area contributed by atoms with Crippen LogP contribution in [0, 0.1) is 0 Å². The van der Waals surface area contributed by atoms with E-state index in [-0.39, 0.29) is 16.8 Å². The molecule has 1 unspecified atom stereocenters. The highest BCUT2D eigenvalue weighted by Gasteiger charge is 2.37. The van der Waals surface area contributed by atoms with Gasteiger partial charge in [0.05, 0.1) is 18.3 Å². The maximum atomic E-state index is 12.0. The largest absolute Gasteiger partial charge is 0.462 e. The fourth-order valence-corrected chi connectivity index (χ4v) is 4.98. The molecule has 1 aliphatic rings. The molecule has 0 aliphatic heterocycles. The molecule has 1 N–H and O–H groups in total. The lowest BCUT2D eigenvalue weighted by Crippen LogP contribution is -2.33. The molecule has 3 heteroatoms. The zero-order chi connectivity index (χ0) is 23.3. The zero-order valence-corrected chi connectivity index (χ0v) is 20.1. The van der Waals surface area contributed by atoms with Crippen LogP contribution in [0.3, 0.4) is 0 Å². The molecule has 1 atom stereocenters. The summed E-state index contributed by atoms with van der Waals surface area (Å²) in [6, 6.07) is 16.5. The summed E-state index contributed by atoms with van der Waals surface area (Å²) in [5.74, 6) is -0.307. The van der Waals surface area contributed by atoms with E-state index in [1.165, 1.54) is 11.1 Å². The summed E-state index contributed by atoms with van der Waals surface area (Å²) in [5.41, 5.74) is 6.59. The molecule has 0 saturated heterocycles. The molecule has 168 valence electrons. The highest BCUT2D eigenvalue weighted by molar-refractivity contribution is 5.93. The van der Waals surface area contributed by atoms with Crippen LogP contribution < -0.4 is 0 Å². The number of esters is 1. The lowest BCUT2D eigenvalue weighted by molar-refractivity contribution is 0.0526. The summed E-state index contributed by atoms with van der Waals surface area (Å²) in [5, 5.41) is 12.9.